The van der Waals surface area contributed by atoms with E-state index in [1.807, 2.05) is 0 Å². The quantitative estimate of drug-likeness (QED) is 0.866. The van der Waals surface area contributed by atoms with Crippen LogP contribution in [-0.4, -0.2) is 6.04 Å². The third-order valence-corrected chi connectivity index (χ3v) is 4.96. The first-order valence-corrected chi connectivity index (χ1v) is 7.53. The summed E-state index contributed by atoms with van der Waals surface area (Å²) >= 11 is 3.47. The second kappa shape index (κ2) is 6.16. The van der Waals surface area contributed by atoms with E-state index in [4.69, 9.17) is 0 Å². The summed E-state index contributed by atoms with van der Waals surface area (Å²) < 4.78 is 14.2. The third kappa shape index (κ3) is 3.55. The smallest absolute Gasteiger partial charge is 0.123 e. The van der Waals surface area contributed by atoms with E-state index in [1.165, 1.54) is 25.3 Å². The monoisotopic (exact) mass is 313 g/mol. The van der Waals surface area contributed by atoms with Crippen molar-refractivity contribution in [2.24, 2.45) is 11.8 Å². The molecule has 1 fully saturated rings. The fourth-order valence-electron chi connectivity index (χ4n) is 2.67. The predicted octanol–water partition coefficient (Wildman–Crippen LogP) is 4.50. The van der Waals surface area contributed by atoms with Gasteiger partial charge in [-0.05, 0) is 54.9 Å². The van der Waals surface area contributed by atoms with Crippen molar-refractivity contribution in [2.75, 3.05) is 0 Å². The van der Waals surface area contributed by atoms with Crippen LogP contribution in [0.3, 0.4) is 0 Å². The van der Waals surface area contributed by atoms with E-state index in [1.54, 1.807) is 12.1 Å². The molecule has 1 aliphatic rings. The average Bonchev–Trinajstić information content (AvgIpc) is 2.34. The molecule has 0 aliphatic heterocycles. The molecule has 0 saturated heterocycles. The number of hydrogen-bond acceptors (Lipinski definition) is 1. The minimum absolute atomic E-state index is 0.166. The van der Waals surface area contributed by atoms with Crippen molar-refractivity contribution < 1.29 is 4.39 Å². The Morgan fingerprint density at radius 3 is 2.78 bits per heavy atom. The van der Waals surface area contributed by atoms with Crippen LogP contribution in [0.4, 0.5) is 4.39 Å². The molecule has 1 saturated carbocycles. The average molecular weight is 314 g/mol. The molecule has 3 heteroatoms. The van der Waals surface area contributed by atoms with E-state index >= 15 is 0 Å². The zero-order valence-electron chi connectivity index (χ0n) is 11.0. The van der Waals surface area contributed by atoms with Crippen molar-refractivity contribution in [1.82, 2.24) is 5.32 Å². The highest BCUT2D eigenvalue weighted by Gasteiger charge is 2.24. The summed E-state index contributed by atoms with van der Waals surface area (Å²) in [5, 5.41) is 3.56. The summed E-state index contributed by atoms with van der Waals surface area (Å²) in [7, 11) is 0. The molecule has 0 radical (unpaired) electrons. The van der Waals surface area contributed by atoms with Crippen LogP contribution >= 0.6 is 15.9 Å². The predicted molar refractivity (Wildman–Crippen MR) is 76.9 cm³/mol. The van der Waals surface area contributed by atoms with Gasteiger partial charge in [0.1, 0.15) is 5.82 Å². The Labute approximate surface area is 117 Å². The highest BCUT2D eigenvalue weighted by Crippen LogP contribution is 2.29. The maximum atomic E-state index is 13.2. The van der Waals surface area contributed by atoms with E-state index in [9.17, 15) is 4.39 Å². The molecule has 100 valence electrons. The van der Waals surface area contributed by atoms with Gasteiger partial charge in [0.05, 0.1) is 0 Å². The third-order valence-electron chi connectivity index (χ3n) is 4.19. The zero-order valence-corrected chi connectivity index (χ0v) is 12.6. The van der Waals surface area contributed by atoms with Crippen LogP contribution in [0.25, 0.3) is 0 Å². The Balaban J connectivity index is 1.90. The van der Waals surface area contributed by atoms with Gasteiger partial charge in [-0.3, -0.25) is 0 Å². The van der Waals surface area contributed by atoms with Crippen LogP contribution in [0, 0.1) is 17.7 Å². The minimum atomic E-state index is -0.166. The summed E-state index contributed by atoms with van der Waals surface area (Å²) in [6.45, 7) is 5.41. The summed E-state index contributed by atoms with van der Waals surface area (Å²) in [4.78, 5) is 0. The van der Waals surface area contributed by atoms with E-state index in [2.05, 4.69) is 35.1 Å². The van der Waals surface area contributed by atoms with Gasteiger partial charge in [0.2, 0.25) is 0 Å². The van der Waals surface area contributed by atoms with Gasteiger partial charge in [-0.25, -0.2) is 4.39 Å². The van der Waals surface area contributed by atoms with Crippen LogP contribution in [0.5, 0.6) is 0 Å². The lowest BCUT2D eigenvalue weighted by Gasteiger charge is -2.32. The molecule has 1 nitrogen and oxygen atoms in total. The minimum Gasteiger partial charge on any atom is -0.310 e. The molecule has 1 aliphatic carbocycles. The summed E-state index contributed by atoms with van der Waals surface area (Å²) in [6, 6.07) is 5.44. The molecule has 0 aromatic heterocycles. The fraction of sp³-hybridized carbons (Fsp3) is 0.600. The van der Waals surface area contributed by atoms with Crippen molar-refractivity contribution in [1.29, 1.82) is 0 Å². The van der Waals surface area contributed by atoms with Gasteiger partial charge < -0.3 is 5.32 Å². The summed E-state index contributed by atoms with van der Waals surface area (Å²) in [5.74, 6) is 1.46. The number of nitrogens with one attached hydrogen (secondary N) is 1. The Bertz CT molecular complexity index is 407. The molecule has 3 atom stereocenters. The van der Waals surface area contributed by atoms with Crippen molar-refractivity contribution in [2.45, 2.75) is 45.7 Å². The molecule has 1 N–H and O–H groups in total. The van der Waals surface area contributed by atoms with Crippen molar-refractivity contribution >= 4 is 15.9 Å². The largest absolute Gasteiger partial charge is 0.310 e. The summed E-state index contributed by atoms with van der Waals surface area (Å²) in [5.41, 5.74) is 1.00. The highest BCUT2D eigenvalue weighted by atomic mass is 79.9. The number of benzene rings is 1. The van der Waals surface area contributed by atoms with E-state index in [0.29, 0.717) is 6.04 Å². The van der Waals surface area contributed by atoms with Crippen molar-refractivity contribution in [3.05, 3.63) is 34.1 Å². The number of halogens is 2. The van der Waals surface area contributed by atoms with Crippen LogP contribution in [0.2, 0.25) is 0 Å². The van der Waals surface area contributed by atoms with Gasteiger partial charge in [-0.2, -0.15) is 0 Å². The van der Waals surface area contributed by atoms with E-state index in [-0.39, 0.29) is 5.82 Å². The van der Waals surface area contributed by atoms with Crippen LogP contribution in [0.15, 0.2) is 22.7 Å². The Kier molecular flexibility index (Phi) is 4.79. The molecule has 2 rings (SSSR count). The van der Waals surface area contributed by atoms with Gasteiger partial charge >= 0.3 is 0 Å². The molecular formula is C15H21BrFN. The number of hydrogen-bond donors (Lipinski definition) is 1. The molecule has 0 spiro atoms. The van der Waals surface area contributed by atoms with Crippen LogP contribution < -0.4 is 5.32 Å². The van der Waals surface area contributed by atoms with E-state index < -0.39 is 0 Å². The van der Waals surface area contributed by atoms with Crippen LogP contribution in [-0.2, 0) is 6.54 Å². The first-order chi connectivity index (χ1) is 8.56. The lowest BCUT2D eigenvalue weighted by Crippen LogP contribution is -2.35. The lowest BCUT2D eigenvalue weighted by molar-refractivity contribution is 0.225. The second-order valence-corrected chi connectivity index (χ2v) is 6.44. The Morgan fingerprint density at radius 2 is 2.06 bits per heavy atom. The second-order valence-electron chi connectivity index (χ2n) is 5.58. The molecule has 1 aromatic rings. The maximum absolute atomic E-state index is 13.2. The summed E-state index contributed by atoms with van der Waals surface area (Å²) in [6.07, 6.45) is 3.76. The first kappa shape index (κ1) is 14.0. The topological polar surface area (TPSA) is 12.0 Å². The SMILES string of the molecule is CC1CCC(NCc2cc(F)ccc2Br)CC1C. The maximum Gasteiger partial charge on any atom is 0.123 e. The van der Waals surface area contributed by atoms with Gasteiger partial charge in [0.15, 0.2) is 0 Å². The Morgan fingerprint density at radius 1 is 1.28 bits per heavy atom. The fourth-order valence-corrected chi connectivity index (χ4v) is 3.05. The lowest BCUT2D eigenvalue weighted by atomic mass is 9.79. The zero-order chi connectivity index (χ0) is 13.1. The van der Waals surface area contributed by atoms with Gasteiger partial charge in [0, 0.05) is 17.1 Å². The first-order valence-electron chi connectivity index (χ1n) is 6.73. The highest BCUT2D eigenvalue weighted by molar-refractivity contribution is 9.10. The van der Waals surface area contributed by atoms with Gasteiger partial charge in [-0.15, -0.1) is 0 Å². The molecular weight excluding hydrogens is 293 g/mol. The van der Waals surface area contributed by atoms with Gasteiger partial charge in [0.25, 0.3) is 0 Å². The normalized spacial score (nSPS) is 28.3. The number of rotatable bonds is 3. The Hall–Kier alpha value is -0.410. The van der Waals surface area contributed by atoms with Crippen molar-refractivity contribution in [3.63, 3.8) is 0 Å². The molecule has 0 bridgehead atoms. The van der Waals surface area contributed by atoms with Gasteiger partial charge in [-0.1, -0.05) is 29.8 Å². The molecule has 0 heterocycles. The molecule has 0 amide bonds. The van der Waals surface area contributed by atoms with E-state index in [0.717, 1.165) is 28.4 Å². The standard InChI is InChI=1S/C15H21BrFN/c1-10-3-5-14(7-11(10)2)18-9-12-8-13(17)4-6-15(12)16/h4,6,8,10-11,14,18H,3,5,7,9H2,1-2H3. The van der Waals surface area contributed by atoms with Crippen LogP contribution in [0.1, 0.15) is 38.7 Å². The van der Waals surface area contributed by atoms with Crippen molar-refractivity contribution in [3.8, 4) is 0 Å². The molecule has 18 heavy (non-hydrogen) atoms. The molecule has 1 aromatic carbocycles. The molecule has 3 unspecified atom stereocenters.